The summed E-state index contributed by atoms with van der Waals surface area (Å²) in [6.45, 7) is 0. The van der Waals surface area contributed by atoms with E-state index in [1.165, 1.54) is 69.7 Å². The summed E-state index contributed by atoms with van der Waals surface area (Å²) in [4.78, 5) is 15.7. The number of rotatable bonds is 4. The van der Waals surface area contributed by atoms with E-state index in [1.807, 2.05) is 29.5 Å². The lowest BCUT2D eigenvalue weighted by atomic mass is 9.96. The number of hydrogen-bond donors (Lipinski definition) is 0. The van der Waals surface area contributed by atoms with Gasteiger partial charge < -0.3 is 0 Å². The molecule has 1 aliphatic carbocycles. The number of nitrogens with zero attached hydrogens (tertiary/aromatic N) is 3. The number of benzene rings is 8. The Balaban J connectivity index is 1.19. The van der Waals surface area contributed by atoms with E-state index in [0.29, 0.717) is 17.5 Å². The summed E-state index contributed by atoms with van der Waals surface area (Å²) in [5.74, 6) is 1.99. The Morgan fingerprint density at radius 1 is 0.353 bits per heavy atom. The average Bonchev–Trinajstić information content (AvgIpc) is 3.75. The summed E-state index contributed by atoms with van der Waals surface area (Å²) in [5.41, 5.74) is 10.4. The SMILES string of the molecule is c1ccc(-c2ccc3ccc(-c4nc(-c5ccccc5)nc(-c5cc6c(c7sc8ccccc8c57)-c5cccc7cccc-6c57)n4)cc3c2)cc1. The summed E-state index contributed by atoms with van der Waals surface area (Å²) < 4.78 is 2.53. The second-order valence-electron chi connectivity index (χ2n) is 13.2. The predicted molar refractivity (Wildman–Crippen MR) is 214 cm³/mol. The van der Waals surface area contributed by atoms with Crippen molar-refractivity contribution in [2.24, 2.45) is 0 Å². The molecular formula is C47H27N3S. The Morgan fingerprint density at radius 3 is 1.80 bits per heavy atom. The van der Waals surface area contributed by atoms with Crippen LogP contribution in [0.2, 0.25) is 0 Å². The van der Waals surface area contributed by atoms with E-state index >= 15 is 0 Å². The third kappa shape index (κ3) is 4.40. The van der Waals surface area contributed by atoms with Crippen LogP contribution in [0.3, 0.4) is 0 Å². The lowest BCUT2D eigenvalue weighted by Crippen LogP contribution is -2.01. The first kappa shape index (κ1) is 28.4. The highest BCUT2D eigenvalue weighted by molar-refractivity contribution is 7.26. The summed E-state index contributed by atoms with van der Waals surface area (Å²) in [6.07, 6.45) is 0. The molecular weight excluding hydrogens is 639 g/mol. The predicted octanol–water partition coefficient (Wildman–Crippen LogP) is 12.9. The van der Waals surface area contributed by atoms with E-state index in [9.17, 15) is 0 Å². The first-order valence-electron chi connectivity index (χ1n) is 17.2. The molecule has 1 aliphatic rings. The minimum Gasteiger partial charge on any atom is -0.208 e. The van der Waals surface area contributed by atoms with E-state index in [2.05, 4.69) is 146 Å². The van der Waals surface area contributed by atoms with Gasteiger partial charge >= 0.3 is 0 Å². The second kappa shape index (κ2) is 11.0. The Hall–Kier alpha value is -6.49. The van der Waals surface area contributed by atoms with Crippen molar-refractivity contribution in [3.05, 3.63) is 164 Å². The van der Waals surface area contributed by atoms with Crippen LogP contribution in [0.5, 0.6) is 0 Å². The molecule has 0 aliphatic heterocycles. The monoisotopic (exact) mass is 665 g/mol. The van der Waals surface area contributed by atoms with Crippen LogP contribution < -0.4 is 0 Å². The molecule has 8 aromatic carbocycles. The molecule has 0 radical (unpaired) electrons. The van der Waals surface area contributed by atoms with Crippen molar-refractivity contribution in [3.63, 3.8) is 0 Å². The van der Waals surface area contributed by atoms with Gasteiger partial charge in [0.25, 0.3) is 0 Å². The molecule has 0 N–H and O–H groups in total. The number of aromatic nitrogens is 3. The molecule has 0 bridgehead atoms. The van der Waals surface area contributed by atoms with E-state index in [1.54, 1.807) is 0 Å². The quantitative estimate of drug-likeness (QED) is 0.188. The molecule has 51 heavy (non-hydrogen) atoms. The number of hydrogen-bond acceptors (Lipinski definition) is 4. The standard InChI is InChI=1S/C47H27N3S/c1-3-11-28(12-4-1)32-23-21-29-22-24-33(26-34(29)25-32)46-48-45(31-13-5-2-6-14-31)49-47(50-46)39-27-38-35-18-9-15-30-16-10-19-37(41(30)35)43(38)44-42(39)36-17-7-8-20-40(36)51-44/h1-27H. The lowest BCUT2D eigenvalue weighted by Gasteiger charge is -2.13. The zero-order valence-corrected chi connectivity index (χ0v) is 28.2. The van der Waals surface area contributed by atoms with Gasteiger partial charge in [-0.3, -0.25) is 0 Å². The van der Waals surface area contributed by atoms with Crippen molar-refractivity contribution in [3.8, 4) is 67.5 Å². The highest BCUT2D eigenvalue weighted by Crippen LogP contribution is 2.55. The zero-order chi connectivity index (χ0) is 33.5. The maximum atomic E-state index is 5.33. The van der Waals surface area contributed by atoms with Gasteiger partial charge in [-0.1, -0.05) is 140 Å². The molecule has 3 nitrogen and oxygen atoms in total. The highest BCUT2D eigenvalue weighted by atomic mass is 32.1. The number of fused-ring (bicyclic) bond motifs is 8. The van der Waals surface area contributed by atoms with Gasteiger partial charge in [0.15, 0.2) is 17.5 Å². The smallest absolute Gasteiger partial charge is 0.164 e. The van der Waals surface area contributed by atoms with Gasteiger partial charge in [0, 0.05) is 42.4 Å². The summed E-state index contributed by atoms with van der Waals surface area (Å²) in [5, 5.41) is 7.32. The molecule has 2 aromatic heterocycles. The molecule has 0 spiro atoms. The van der Waals surface area contributed by atoms with Gasteiger partial charge in [-0.25, -0.2) is 15.0 Å². The van der Waals surface area contributed by atoms with Crippen LogP contribution in [0.25, 0.3) is 109 Å². The summed E-state index contributed by atoms with van der Waals surface area (Å²) in [7, 11) is 0. The lowest BCUT2D eigenvalue weighted by molar-refractivity contribution is 1.08. The first-order valence-corrected chi connectivity index (χ1v) is 18.0. The molecule has 0 amide bonds. The van der Waals surface area contributed by atoms with Crippen LogP contribution in [0.1, 0.15) is 0 Å². The van der Waals surface area contributed by atoms with Crippen molar-refractivity contribution in [2.45, 2.75) is 0 Å². The Labute approximate surface area is 298 Å². The van der Waals surface area contributed by atoms with Crippen LogP contribution in [0.15, 0.2) is 164 Å². The van der Waals surface area contributed by atoms with E-state index in [-0.39, 0.29) is 0 Å². The molecule has 0 atom stereocenters. The van der Waals surface area contributed by atoms with Crippen molar-refractivity contribution < 1.29 is 0 Å². The average molecular weight is 666 g/mol. The molecule has 10 aromatic rings. The number of thiophene rings is 1. The van der Waals surface area contributed by atoms with Crippen LogP contribution in [0.4, 0.5) is 0 Å². The van der Waals surface area contributed by atoms with Crippen molar-refractivity contribution in [1.82, 2.24) is 15.0 Å². The largest absolute Gasteiger partial charge is 0.208 e. The van der Waals surface area contributed by atoms with Crippen LogP contribution in [-0.4, -0.2) is 15.0 Å². The molecule has 4 heteroatoms. The zero-order valence-electron chi connectivity index (χ0n) is 27.3. The van der Waals surface area contributed by atoms with Gasteiger partial charge in [0.2, 0.25) is 0 Å². The third-order valence-corrected chi connectivity index (χ3v) is 11.4. The summed E-state index contributed by atoms with van der Waals surface area (Å²) >= 11 is 1.86. The topological polar surface area (TPSA) is 38.7 Å². The Morgan fingerprint density at radius 2 is 1.00 bits per heavy atom. The van der Waals surface area contributed by atoms with E-state index < -0.39 is 0 Å². The van der Waals surface area contributed by atoms with Gasteiger partial charge in [-0.15, -0.1) is 11.3 Å². The molecule has 0 fully saturated rings. The Kier molecular flexibility index (Phi) is 6.12. The van der Waals surface area contributed by atoms with Gasteiger partial charge in [0.1, 0.15) is 0 Å². The van der Waals surface area contributed by atoms with Crippen LogP contribution >= 0.6 is 11.3 Å². The fraction of sp³-hybridized carbons (Fsp3) is 0. The minimum atomic E-state index is 0.657. The molecule has 11 rings (SSSR count). The van der Waals surface area contributed by atoms with Crippen LogP contribution in [-0.2, 0) is 0 Å². The fourth-order valence-electron chi connectivity index (χ4n) is 7.87. The van der Waals surface area contributed by atoms with Gasteiger partial charge in [-0.2, -0.15) is 0 Å². The normalized spacial score (nSPS) is 11.9. The maximum absolute atomic E-state index is 5.33. The van der Waals surface area contributed by atoms with Crippen molar-refractivity contribution >= 4 is 53.1 Å². The van der Waals surface area contributed by atoms with E-state index in [0.717, 1.165) is 22.1 Å². The van der Waals surface area contributed by atoms with Crippen molar-refractivity contribution in [2.75, 3.05) is 0 Å². The minimum absolute atomic E-state index is 0.657. The van der Waals surface area contributed by atoms with Crippen LogP contribution in [0, 0.1) is 0 Å². The molecule has 0 saturated carbocycles. The Bertz CT molecular complexity index is 3010. The summed E-state index contributed by atoms with van der Waals surface area (Å²) in [6, 6.07) is 58.3. The first-order chi connectivity index (χ1) is 25.3. The fourth-order valence-corrected chi connectivity index (χ4v) is 9.16. The van der Waals surface area contributed by atoms with E-state index in [4.69, 9.17) is 15.0 Å². The van der Waals surface area contributed by atoms with Gasteiger partial charge in [0.05, 0.1) is 0 Å². The van der Waals surface area contributed by atoms with Crippen molar-refractivity contribution in [1.29, 1.82) is 0 Å². The molecule has 0 unspecified atom stereocenters. The highest BCUT2D eigenvalue weighted by Gasteiger charge is 2.28. The maximum Gasteiger partial charge on any atom is 0.164 e. The molecule has 0 saturated heterocycles. The molecule has 236 valence electrons. The van der Waals surface area contributed by atoms with Gasteiger partial charge in [-0.05, 0) is 73.6 Å². The second-order valence-corrected chi connectivity index (χ2v) is 14.2. The molecule has 2 heterocycles. The third-order valence-electron chi connectivity index (χ3n) is 10.2.